The quantitative estimate of drug-likeness (QED) is 0.412. The first kappa shape index (κ1) is 15.1. The first-order valence-corrected chi connectivity index (χ1v) is 7.28. The van der Waals surface area contributed by atoms with Crippen LogP contribution in [-0.4, -0.2) is 5.78 Å². The minimum Gasteiger partial charge on any atom is -0.289 e. The number of ketones is 1. The number of carbonyl (C=O) groups is 1. The van der Waals surface area contributed by atoms with Crippen molar-refractivity contribution in [2.45, 2.75) is 4.90 Å². The van der Waals surface area contributed by atoms with E-state index in [4.69, 9.17) is 23.2 Å². The SMILES string of the molecule is O=C(/C=C/Sc1ccc(F)c(Cl)c1)c1ccc(Cl)cc1. The van der Waals surface area contributed by atoms with Gasteiger partial charge in [-0.1, -0.05) is 35.0 Å². The normalized spacial score (nSPS) is 10.9. The van der Waals surface area contributed by atoms with Crippen molar-refractivity contribution in [2.75, 3.05) is 0 Å². The van der Waals surface area contributed by atoms with Gasteiger partial charge in [0.25, 0.3) is 0 Å². The van der Waals surface area contributed by atoms with Crippen molar-refractivity contribution in [1.82, 2.24) is 0 Å². The second-order valence-corrected chi connectivity index (χ2v) is 5.69. The van der Waals surface area contributed by atoms with Crippen LogP contribution in [0.4, 0.5) is 4.39 Å². The van der Waals surface area contributed by atoms with Crippen LogP contribution in [0, 0.1) is 5.82 Å². The highest BCUT2D eigenvalue weighted by atomic mass is 35.5. The van der Waals surface area contributed by atoms with E-state index >= 15 is 0 Å². The van der Waals surface area contributed by atoms with Crippen LogP contribution in [0.5, 0.6) is 0 Å². The predicted molar refractivity (Wildman–Crippen MR) is 82.2 cm³/mol. The summed E-state index contributed by atoms with van der Waals surface area (Å²) in [7, 11) is 0. The Kier molecular flexibility index (Phi) is 5.24. The van der Waals surface area contributed by atoms with Crippen LogP contribution in [0.2, 0.25) is 10.0 Å². The Balaban J connectivity index is 2.00. The highest BCUT2D eigenvalue weighted by Crippen LogP contribution is 2.25. The molecule has 0 unspecified atom stereocenters. The third-order valence-electron chi connectivity index (χ3n) is 2.44. The van der Waals surface area contributed by atoms with E-state index in [-0.39, 0.29) is 10.8 Å². The third kappa shape index (κ3) is 4.10. The monoisotopic (exact) mass is 326 g/mol. The van der Waals surface area contributed by atoms with E-state index in [0.29, 0.717) is 10.6 Å². The molecule has 0 aliphatic heterocycles. The molecule has 0 aliphatic carbocycles. The average molecular weight is 327 g/mol. The van der Waals surface area contributed by atoms with Gasteiger partial charge in [-0.15, -0.1) is 0 Å². The summed E-state index contributed by atoms with van der Waals surface area (Å²) in [5, 5.41) is 2.29. The Morgan fingerprint density at radius 1 is 1.10 bits per heavy atom. The average Bonchev–Trinajstić information content (AvgIpc) is 2.43. The number of halogens is 3. The fraction of sp³-hybridized carbons (Fsp3) is 0. The van der Waals surface area contributed by atoms with Crippen LogP contribution >= 0.6 is 35.0 Å². The number of thioether (sulfide) groups is 1. The van der Waals surface area contributed by atoms with Crippen molar-refractivity contribution < 1.29 is 9.18 Å². The van der Waals surface area contributed by atoms with Gasteiger partial charge in [0.1, 0.15) is 5.82 Å². The largest absolute Gasteiger partial charge is 0.289 e. The molecule has 0 atom stereocenters. The molecule has 0 bridgehead atoms. The number of hydrogen-bond acceptors (Lipinski definition) is 2. The Morgan fingerprint density at radius 2 is 1.80 bits per heavy atom. The van der Waals surface area contributed by atoms with E-state index in [9.17, 15) is 9.18 Å². The van der Waals surface area contributed by atoms with Crippen molar-refractivity contribution >= 4 is 40.7 Å². The Morgan fingerprint density at radius 3 is 2.45 bits per heavy atom. The van der Waals surface area contributed by atoms with Crippen molar-refractivity contribution in [1.29, 1.82) is 0 Å². The molecule has 0 radical (unpaired) electrons. The topological polar surface area (TPSA) is 17.1 Å². The molecule has 0 heterocycles. The summed E-state index contributed by atoms with van der Waals surface area (Å²) in [5.41, 5.74) is 0.559. The van der Waals surface area contributed by atoms with Crippen LogP contribution in [0.25, 0.3) is 0 Å². The molecule has 0 fully saturated rings. The van der Waals surface area contributed by atoms with Crippen LogP contribution in [0.3, 0.4) is 0 Å². The minimum atomic E-state index is -0.461. The lowest BCUT2D eigenvalue weighted by Crippen LogP contribution is -1.92. The lowest BCUT2D eigenvalue weighted by molar-refractivity contribution is 0.104. The van der Waals surface area contributed by atoms with Crippen molar-refractivity contribution in [3.8, 4) is 0 Å². The predicted octanol–water partition coefficient (Wildman–Crippen LogP) is 5.62. The van der Waals surface area contributed by atoms with Gasteiger partial charge in [-0.3, -0.25) is 4.79 Å². The van der Waals surface area contributed by atoms with Gasteiger partial charge in [-0.05, 0) is 53.9 Å². The molecule has 1 nitrogen and oxygen atoms in total. The maximum atomic E-state index is 13.0. The van der Waals surface area contributed by atoms with Gasteiger partial charge < -0.3 is 0 Å². The molecule has 0 saturated carbocycles. The van der Waals surface area contributed by atoms with E-state index in [1.165, 1.54) is 30.0 Å². The summed E-state index contributed by atoms with van der Waals surface area (Å²) >= 11 is 12.7. The van der Waals surface area contributed by atoms with Gasteiger partial charge >= 0.3 is 0 Å². The molecule has 2 aromatic rings. The van der Waals surface area contributed by atoms with E-state index < -0.39 is 5.82 Å². The Bertz CT molecular complexity index is 653. The molecule has 0 N–H and O–H groups in total. The zero-order valence-corrected chi connectivity index (χ0v) is 12.5. The lowest BCUT2D eigenvalue weighted by Gasteiger charge is -1.98. The van der Waals surface area contributed by atoms with Crippen LogP contribution in [0.1, 0.15) is 10.4 Å². The van der Waals surface area contributed by atoms with E-state index in [2.05, 4.69) is 0 Å². The van der Waals surface area contributed by atoms with Crippen LogP contribution in [0.15, 0.2) is 58.8 Å². The van der Waals surface area contributed by atoms with Crippen LogP contribution < -0.4 is 0 Å². The summed E-state index contributed by atoms with van der Waals surface area (Å²) in [6.07, 6.45) is 1.45. The van der Waals surface area contributed by atoms with E-state index in [0.717, 1.165) is 4.90 Å². The minimum absolute atomic E-state index is 0.0624. The van der Waals surface area contributed by atoms with Gasteiger partial charge in [-0.2, -0.15) is 0 Å². The standard InChI is InChI=1S/C15H9Cl2FOS/c16-11-3-1-10(2-4-11)15(19)7-8-20-12-5-6-14(18)13(17)9-12/h1-9H/b8-7+. The first-order valence-electron chi connectivity index (χ1n) is 5.64. The summed E-state index contributed by atoms with van der Waals surface area (Å²) in [5.74, 6) is -0.584. The molecule has 102 valence electrons. The highest BCUT2D eigenvalue weighted by molar-refractivity contribution is 8.02. The molecule has 20 heavy (non-hydrogen) atoms. The van der Waals surface area contributed by atoms with Crippen molar-refractivity contribution in [2.24, 2.45) is 0 Å². The van der Waals surface area contributed by atoms with Gasteiger partial charge in [0.2, 0.25) is 0 Å². The van der Waals surface area contributed by atoms with Crippen molar-refractivity contribution in [3.05, 3.63) is 75.4 Å². The Labute approximate surface area is 130 Å². The second-order valence-electron chi connectivity index (χ2n) is 3.87. The molecule has 5 heteroatoms. The maximum Gasteiger partial charge on any atom is 0.186 e. The molecule has 0 saturated heterocycles. The zero-order valence-electron chi connectivity index (χ0n) is 10.1. The first-order chi connectivity index (χ1) is 9.56. The summed E-state index contributed by atoms with van der Waals surface area (Å²) in [6, 6.07) is 11.1. The molecule has 0 aliphatic rings. The number of carbonyl (C=O) groups excluding carboxylic acids is 1. The summed E-state index contributed by atoms with van der Waals surface area (Å²) in [6.45, 7) is 0. The maximum absolute atomic E-state index is 13.0. The van der Waals surface area contributed by atoms with Gasteiger partial charge in [0, 0.05) is 15.5 Å². The van der Waals surface area contributed by atoms with E-state index in [1.807, 2.05) is 0 Å². The van der Waals surface area contributed by atoms with Gasteiger partial charge in [-0.25, -0.2) is 4.39 Å². The molecule has 2 aromatic carbocycles. The zero-order chi connectivity index (χ0) is 14.5. The summed E-state index contributed by atoms with van der Waals surface area (Å²) in [4.78, 5) is 12.6. The molecular weight excluding hydrogens is 318 g/mol. The number of rotatable bonds is 4. The summed E-state index contributed by atoms with van der Waals surface area (Å²) < 4.78 is 13.0. The van der Waals surface area contributed by atoms with Crippen molar-refractivity contribution in [3.63, 3.8) is 0 Å². The fourth-order valence-corrected chi connectivity index (χ4v) is 2.49. The fourth-order valence-electron chi connectivity index (χ4n) is 1.43. The van der Waals surface area contributed by atoms with Gasteiger partial charge in [0.15, 0.2) is 5.78 Å². The van der Waals surface area contributed by atoms with E-state index in [1.54, 1.807) is 35.7 Å². The molecular formula is C15H9Cl2FOS. The highest BCUT2D eigenvalue weighted by Gasteiger charge is 2.02. The molecule has 0 aromatic heterocycles. The lowest BCUT2D eigenvalue weighted by atomic mass is 10.1. The third-order valence-corrected chi connectivity index (χ3v) is 3.78. The number of benzene rings is 2. The molecule has 2 rings (SSSR count). The Hall–Kier alpha value is -1.29. The molecule has 0 amide bonds. The van der Waals surface area contributed by atoms with Crippen LogP contribution in [-0.2, 0) is 0 Å². The second kappa shape index (κ2) is 6.93. The smallest absolute Gasteiger partial charge is 0.186 e. The molecule has 0 spiro atoms. The van der Waals surface area contributed by atoms with Gasteiger partial charge in [0.05, 0.1) is 5.02 Å². The number of hydrogen-bond donors (Lipinski definition) is 0. The number of allylic oxidation sites excluding steroid dienone is 1.